The summed E-state index contributed by atoms with van der Waals surface area (Å²) in [5.41, 5.74) is 0.930. The Balaban J connectivity index is 2.48. The molecule has 0 aromatic carbocycles. The molecule has 0 bridgehead atoms. The van der Waals surface area contributed by atoms with Gasteiger partial charge >= 0.3 is 0 Å². The zero-order chi connectivity index (χ0) is 9.26. The van der Waals surface area contributed by atoms with Crippen molar-refractivity contribution in [1.82, 2.24) is 15.0 Å². The van der Waals surface area contributed by atoms with Gasteiger partial charge in [0.05, 0.1) is 0 Å². The van der Waals surface area contributed by atoms with Crippen molar-refractivity contribution in [3.05, 3.63) is 27.1 Å². The number of nitrogens with zero attached hydrogens (tertiary/aromatic N) is 3. The Morgan fingerprint density at radius 1 is 1.15 bits per heavy atom. The maximum atomic E-state index is 4.29. The van der Waals surface area contributed by atoms with Crippen molar-refractivity contribution in [2.24, 2.45) is 0 Å². The zero-order valence-corrected chi connectivity index (χ0v) is 10.2. The molecule has 0 N–H and O–H groups in total. The van der Waals surface area contributed by atoms with Crippen LogP contribution in [-0.4, -0.2) is 15.0 Å². The van der Waals surface area contributed by atoms with Gasteiger partial charge < -0.3 is 0 Å². The molecule has 2 aromatic heterocycles. The predicted molar refractivity (Wildman–Crippen MR) is 58.5 cm³/mol. The van der Waals surface area contributed by atoms with Gasteiger partial charge in [0, 0.05) is 18.0 Å². The standard InChI is InChI=1S/C7H3Br2N3S/c8-5-6(9)13-7(12-5)4-1-10-3-11-2-4/h1-3H. The smallest absolute Gasteiger partial charge is 0.132 e. The summed E-state index contributed by atoms with van der Waals surface area (Å²) in [5.74, 6) is 0. The fraction of sp³-hybridized carbons (Fsp3) is 0. The fourth-order valence-corrected chi connectivity index (χ4v) is 2.56. The summed E-state index contributed by atoms with van der Waals surface area (Å²) in [6.07, 6.45) is 4.98. The number of rotatable bonds is 1. The van der Waals surface area contributed by atoms with E-state index in [1.54, 1.807) is 23.7 Å². The molecule has 13 heavy (non-hydrogen) atoms. The van der Waals surface area contributed by atoms with Crippen molar-refractivity contribution in [2.45, 2.75) is 0 Å². The first-order valence-corrected chi connectivity index (χ1v) is 5.75. The molecule has 0 fully saturated rings. The van der Waals surface area contributed by atoms with E-state index in [1.165, 1.54) is 6.33 Å². The summed E-state index contributed by atoms with van der Waals surface area (Å²) in [6, 6.07) is 0. The molecule has 0 amide bonds. The van der Waals surface area contributed by atoms with E-state index < -0.39 is 0 Å². The average Bonchev–Trinajstić information content (AvgIpc) is 2.49. The molecule has 6 heteroatoms. The maximum absolute atomic E-state index is 4.29. The second-order valence-electron chi connectivity index (χ2n) is 2.21. The van der Waals surface area contributed by atoms with Gasteiger partial charge in [0.15, 0.2) is 0 Å². The Labute approximate surface area is 95.5 Å². The van der Waals surface area contributed by atoms with Crippen molar-refractivity contribution in [1.29, 1.82) is 0 Å². The third kappa shape index (κ3) is 1.95. The Morgan fingerprint density at radius 2 is 1.85 bits per heavy atom. The van der Waals surface area contributed by atoms with Crippen LogP contribution < -0.4 is 0 Å². The van der Waals surface area contributed by atoms with Crippen LogP contribution in [-0.2, 0) is 0 Å². The number of hydrogen-bond donors (Lipinski definition) is 0. The molecule has 3 nitrogen and oxygen atoms in total. The van der Waals surface area contributed by atoms with Gasteiger partial charge in [-0.1, -0.05) is 0 Å². The van der Waals surface area contributed by atoms with Gasteiger partial charge in [0.25, 0.3) is 0 Å². The van der Waals surface area contributed by atoms with Gasteiger partial charge in [-0.2, -0.15) is 0 Å². The first-order chi connectivity index (χ1) is 6.27. The lowest BCUT2D eigenvalue weighted by Crippen LogP contribution is -1.79. The molecule has 0 saturated carbocycles. The molecule has 66 valence electrons. The highest BCUT2D eigenvalue weighted by atomic mass is 79.9. The third-order valence-electron chi connectivity index (χ3n) is 1.36. The maximum Gasteiger partial charge on any atom is 0.132 e. The molecule has 2 rings (SSSR count). The molecular weight excluding hydrogens is 318 g/mol. The highest BCUT2D eigenvalue weighted by Gasteiger charge is 2.07. The van der Waals surface area contributed by atoms with Gasteiger partial charge in [-0.3, -0.25) is 0 Å². The highest BCUT2D eigenvalue weighted by molar-refractivity contribution is 9.13. The minimum atomic E-state index is 0.816. The van der Waals surface area contributed by atoms with E-state index in [9.17, 15) is 0 Å². The summed E-state index contributed by atoms with van der Waals surface area (Å²) in [5, 5.41) is 0.902. The molecule has 0 spiro atoms. The van der Waals surface area contributed by atoms with Crippen LogP contribution >= 0.6 is 43.2 Å². The minimum Gasteiger partial charge on any atom is -0.244 e. The number of thiazole rings is 1. The molecule has 2 heterocycles. The summed E-state index contributed by atoms with van der Waals surface area (Å²) >= 11 is 8.25. The first kappa shape index (κ1) is 9.23. The van der Waals surface area contributed by atoms with Crippen LogP contribution in [0.4, 0.5) is 0 Å². The van der Waals surface area contributed by atoms with Crippen molar-refractivity contribution in [3.8, 4) is 10.6 Å². The van der Waals surface area contributed by atoms with Gasteiger partial charge in [-0.15, -0.1) is 11.3 Å². The largest absolute Gasteiger partial charge is 0.244 e. The predicted octanol–water partition coefficient (Wildman–Crippen LogP) is 3.13. The minimum absolute atomic E-state index is 0.816. The lowest BCUT2D eigenvalue weighted by molar-refractivity contribution is 1.16. The van der Waals surface area contributed by atoms with E-state index in [0.717, 1.165) is 19.0 Å². The van der Waals surface area contributed by atoms with Gasteiger partial charge in [0.2, 0.25) is 0 Å². The van der Waals surface area contributed by atoms with Gasteiger partial charge in [-0.05, 0) is 31.9 Å². The fourth-order valence-electron chi connectivity index (χ4n) is 0.816. The van der Waals surface area contributed by atoms with Crippen LogP contribution in [0.25, 0.3) is 10.6 Å². The summed E-state index contributed by atoms with van der Waals surface area (Å²) in [7, 11) is 0. The SMILES string of the molecule is Brc1nc(-c2cncnc2)sc1Br. The summed E-state index contributed by atoms with van der Waals surface area (Å²) in [4.78, 5) is 12.1. The van der Waals surface area contributed by atoms with E-state index in [4.69, 9.17) is 0 Å². The molecule has 0 atom stereocenters. The van der Waals surface area contributed by atoms with Crippen LogP contribution in [0.15, 0.2) is 27.1 Å². The van der Waals surface area contributed by atoms with Crippen LogP contribution in [0.1, 0.15) is 0 Å². The summed E-state index contributed by atoms with van der Waals surface area (Å²) in [6.45, 7) is 0. The number of aromatic nitrogens is 3. The topological polar surface area (TPSA) is 38.7 Å². The van der Waals surface area contributed by atoms with Crippen molar-refractivity contribution in [3.63, 3.8) is 0 Å². The van der Waals surface area contributed by atoms with Crippen molar-refractivity contribution < 1.29 is 0 Å². The Morgan fingerprint density at radius 3 is 2.38 bits per heavy atom. The van der Waals surface area contributed by atoms with Crippen LogP contribution in [0.2, 0.25) is 0 Å². The third-order valence-corrected chi connectivity index (χ3v) is 4.48. The van der Waals surface area contributed by atoms with Crippen molar-refractivity contribution >= 4 is 43.2 Å². The Kier molecular flexibility index (Phi) is 2.71. The lowest BCUT2D eigenvalue weighted by atomic mass is 10.4. The summed E-state index contributed by atoms with van der Waals surface area (Å²) < 4.78 is 1.79. The highest BCUT2D eigenvalue weighted by Crippen LogP contribution is 2.34. The molecule has 0 aliphatic carbocycles. The molecule has 0 radical (unpaired) electrons. The molecule has 2 aromatic rings. The Bertz CT molecular complexity index is 395. The normalized spacial score (nSPS) is 10.3. The van der Waals surface area contributed by atoms with Gasteiger partial charge in [-0.25, -0.2) is 15.0 Å². The second kappa shape index (κ2) is 3.81. The number of hydrogen-bond acceptors (Lipinski definition) is 4. The first-order valence-electron chi connectivity index (χ1n) is 3.34. The lowest BCUT2D eigenvalue weighted by Gasteiger charge is -1.90. The van der Waals surface area contributed by atoms with E-state index in [2.05, 4.69) is 46.8 Å². The number of halogens is 2. The molecule has 0 aliphatic heterocycles. The molecule has 0 unspecified atom stereocenters. The van der Waals surface area contributed by atoms with Crippen molar-refractivity contribution in [2.75, 3.05) is 0 Å². The quantitative estimate of drug-likeness (QED) is 0.810. The molecule has 0 saturated heterocycles. The van der Waals surface area contributed by atoms with E-state index in [0.29, 0.717) is 0 Å². The second-order valence-corrected chi connectivity index (χ2v) is 5.28. The average molecular weight is 321 g/mol. The monoisotopic (exact) mass is 319 g/mol. The van der Waals surface area contributed by atoms with Crippen LogP contribution in [0, 0.1) is 0 Å². The van der Waals surface area contributed by atoms with Gasteiger partial charge in [0.1, 0.15) is 19.7 Å². The van der Waals surface area contributed by atoms with E-state index >= 15 is 0 Å². The Hall–Kier alpha value is -0.330. The zero-order valence-electron chi connectivity index (χ0n) is 6.24. The van der Waals surface area contributed by atoms with E-state index in [-0.39, 0.29) is 0 Å². The molecular formula is C7H3Br2N3S. The molecule has 0 aliphatic rings. The van der Waals surface area contributed by atoms with E-state index in [1.807, 2.05) is 0 Å². The van der Waals surface area contributed by atoms with Crippen LogP contribution in [0.3, 0.4) is 0 Å². The van der Waals surface area contributed by atoms with Crippen LogP contribution in [0.5, 0.6) is 0 Å².